The van der Waals surface area contributed by atoms with Gasteiger partial charge in [0.2, 0.25) is 11.6 Å². The van der Waals surface area contributed by atoms with Gasteiger partial charge in [0.25, 0.3) is 5.89 Å². The fourth-order valence-corrected chi connectivity index (χ4v) is 3.03. The van der Waals surface area contributed by atoms with Crippen LogP contribution in [0.3, 0.4) is 0 Å². The van der Waals surface area contributed by atoms with Crippen LogP contribution in [0.2, 0.25) is 0 Å². The topological polar surface area (TPSA) is 105 Å². The molecule has 32 heavy (non-hydrogen) atoms. The molecular weight excluding hydrogens is 412 g/mol. The molecular formula is C24H20N2O6. The molecule has 0 saturated heterocycles. The normalized spacial score (nSPS) is 10.7. The zero-order valence-electron chi connectivity index (χ0n) is 17.5. The minimum Gasteiger partial charge on any atom is -0.493 e. The number of carbonyl (C=O) groups excluding carboxylic acids is 2. The Labute approximate surface area is 183 Å². The largest absolute Gasteiger partial charge is 0.493 e. The van der Waals surface area contributed by atoms with E-state index >= 15 is 0 Å². The average Bonchev–Trinajstić information content (AvgIpc) is 3.48. The maximum Gasteiger partial charge on any atom is 0.374 e. The molecule has 0 aliphatic rings. The number of carbonyl (C=O) groups is 2. The standard InChI is InChI=1S/C24H20N2O6/c1-3-29-20-7-5-4-6-18(20)23-25-22(32-26-23)14-30-24(28)21-13-12-19(31-21)17-10-8-16(9-11-17)15(2)27/h4-13H,3,14H2,1-2H3. The summed E-state index contributed by atoms with van der Waals surface area (Å²) < 4.78 is 21.6. The van der Waals surface area contributed by atoms with E-state index in [1.165, 1.54) is 13.0 Å². The summed E-state index contributed by atoms with van der Waals surface area (Å²) in [5, 5.41) is 3.94. The van der Waals surface area contributed by atoms with Crippen LogP contribution in [0, 0.1) is 0 Å². The highest BCUT2D eigenvalue weighted by Gasteiger charge is 2.17. The van der Waals surface area contributed by atoms with Crippen molar-refractivity contribution in [3.63, 3.8) is 0 Å². The number of benzene rings is 2. The van der Waals surface area contributed by atoms with Crippen LogP contribution in [0.4, 0.5) is 0 Å². The molecule has 0 saturated carbocycles. The van der Waals surface area contributed by atoms with Crippen LogP contribution in [0.5, 0.6) is 5.75 Å². The SMILES string of the molecule is CCOc1ccccc1-c1noc(COC(=O)c2ccc(-c3ccc(C(C)=O)cc3)o2)n1. The summed E-state index contributed by atoms with van der Waals surface area (Å²) in [7, 11) is 0. The summed E-state index contributed by atoms with van der Waals surface area (Å²) >= 11 is 0. The van der Waals surface area contributed by atoms with Gasteiger partial charge in [-0.3, -0.25) is 4.79 Å². The Balaban J connectivity index is 1.40. The predicted octanol–water partition coefficient (Wildman–Crippen LogP) is 4.95. The second-order valence-corrected chi connectivity index (χ2v) is 6.81. The Morgan fingerprint density at radius 2 is 1.78 bits per heavy atom. The van der Waals surface area contributed by atoms with Crippen LogP contribution in [-0.2, 0) is 11.3 Å². The van der Waals surface area contributed by atoms with Crippen molar-refractivity contribution in [1.29, 1.82) is 0 Å². The van der Waals surface area contributed by atoms with Gasteiger partial charge in [0.15, 0.2) is 12.4 Å². The van der Waals surface area contributed by atoms with E-state index < -0.39 is 5.97 Å². The number of hydrogen-bond donors (Lipinski definition) is 0. The Hall–Kier alpha value is -4.20. The zero-order valence-corrected chi connectivity index (χ0v) is 17.5. The van der Waals surface area contributed by atoms with E-state index in [0.29, 0.717) is 35.1 Å². The molecule has 8 heteroatoms. The van der Waals surface area contributed by atoms with Crippen LogP contribution in [0.15, 0.2) is 69.6 Å². The number of hydrogen-bond acceptors (Lipinski definition) is 8. The van der Waals surface area contributed by atoms with Gasteiger partial charge in [0.1, 0.15) is 11.5 Å². The highest BCUT2D eigenvalue weighted by Crippen LogP contribution is 2.28. The van der Waals surface area contributed by atoms with Crippen LogP contribution in [-0.4, -0.2) is 28.5 Å². The monoisotopic (exact) mass is 432 g/mol. The van der Waals surface area contributed by atoms with Gasteiger partial charge in [-0.1, -0.05) is 41.6 Å². The number of aromatic nitrogens is 2. The van der Waals surface area contributed by atoms with Gasteiger partial charge in [0, 0.05) is 11.1 Å². The minimum atomic E-state index is -0.661. The van der Waals surface area contributed by atoms with Gasteiger partial charge in [-0.15, -0.1) is 0 Å². The van der Waals surface area contributed by atoms with Gasteiger partial charge in [-0.2, -0.15) is 4.98 Å². The number of ketones is 1. The number of ether oxygens (including phenoxy) is 2. The van der Waals surface area contributed by atoms with Crippen molar-refractivity contribution in [3.05, 3.63) is 77.9 Å². The van der Waals surface area contributed by atoms with E-state index in [1.807, 2.05) is 31.2 Å². The van der Waals surface area contributed by atoms with Crippen molar-refractivity contribution in [1.82, 2.24) is 10.1 Å². The molecule has 2 heterocycles. The summed E-state index contributed by atoms with van der Waals surface area (Å²) in [4.78, 5) is 28.0. The van der Waals surface area contributed by atoms with E-state index in [1.54, 1.807) is 30.3 Å². The van der Waals surface area contributed by atoms with Crippen molar-refractivity contribution in [2.45, 2.75) is 20.5 Å². The third-order valence-electron chi connectivity index (χ3n) is 4.61. The first-order chi connectivity index (χ1) is 15.5. The summed E-state index contributed by atoms with van der Waals surface area (Å²) in [6.07, 6.45) is 0. The third-order valence-corrected chi connectivity index (χ3v) is 4.61. The van der Waals surface area contributed by atoms with Gasteiger partial charge < -0.3 is 18.4 Å². The third kappa shape index (κ3) is 4.59. The Kier molecular flexibility index (Phi) is 6.12. The average molecular weight is 432 g/mol. The van der Waals surface area contributed by atoms with Gasteiger partial charge in [0.05, 0.1) is 12.2 Å². The summed E-state index contributed by atoms with van der Waals surface area (Å²) in [5.41, 5.74) is 2.02. The number of esters is 1. The lowest BCUT2D eigenvalue weighted by molar-refractivity contribution is 0.0394. The number of para-hydroxylation sites is 1. The highest BCUT2D eigenvalue weighted by atomic mass is 16.6. The molecule has 4 rings (SSSR count). The van der Waals surface area contributed by atoms with E-state index in [9.17, 15) is 9.59 Å². The summed E-state index contributed by atoms with van der Waals surface area (Å²) in [6, 6.07) is 17.4. The molecule has 0 radical (unpaired) electrons. The Morgan fingerprint density at radius 3 is 2.53 bits per heavy atom. The molecule has 0 aliphatic heterocycles. The van der Waals surface area contributed by atoms with Gasteiger partial charge in [-0.25, -0.2) is 4.79 Å². The number of Topliss-reactive ketones (excluding diaryl/α,β-unsaturated/α-hetero) is 1. The molecule has 2 aromatic heterocycles. The second-order valence-electron chi connectivity index (χ2n) is 6.81. The molecule has 0 bridgehead atoms. The highest BCUT2D eigenvalue weighted by molar-refractivity contribution is 5.94. The molecule has 0 aliphatic carbocycles. The van der Waals surface area contributed by atoms with Crippen LogP contribution >= 0.6 is 0 Å². The van der Waals surface area contributed by atoms with Crippen LogP contribution in [0.1, 0.15) is 40.7 Å². The minimum absolute atomic E-state index is 0.0224. The fourth-order valence-electron chi connectivity index (χ4n) is 3.03. The number of nitrogens with zero attached hydrogens (tertiary/aromatic N) is 2. The second kappa shape index (κ2) is 9.30. The quantitative estimate of drug-likeness (QED) is 0.284. The maximum atomic E-state index is 12.4. The van der Waals surface area contributed by atoms with Crippen molar-refractivity contribution in [3.8, 4) is 28.5 Å². The van der Waals surface area contributed by atoms with E-state index in [0.717, 1.165) is 5.56 Å². The summed E-state index contributed by atoms with van der Waals surface area (Å²) in [5.74, 6) is 0.966. The Morgan fingerprint density at radius 1 is 1.00 bits per heavy atom. The predicted molar refractivity (Wildman–Crippen MR) is 114 cm³/mol. The molecule has 0 fully saturated rings. The Bertz CT molecular complexity index is 1240. The van der Waals surface area contributed by atoms with Crippen molar-refractivity contribution in [2.75, 3.05) is 6.61 Å². The molecule has 2 aromatic carbocycles. The smallest absolute Gasteiger partial charge is 0.374 e. The first-order valence-corrected chi connectivity index (χ1v) is 9.98. The first-order valence-electron chi connectivity index (χ1n) is 9.98. The van der Waals surface area contributed by atoms with Crippen LogP contribution in [0.25, 0.3) is 22.7 Å². The lowest BCUT2D eigenvalue weighted by Crippen LogP contribution is -2.04. The van der Waals surface area contributed by atoms with E-state index in [4.69, 9.17) is 18.4 Å². The fraction of sp³-hybridized carbons (Fsp3) is 0.167. The lowest BCUT2D eigenvalue weighted by Gasteiger charge is -2.06. The van der Waals surface area contributed by atoms with E-state index in [2.05, 4.69) is 10.1 Å². The molecule has 0 unspecified atom stereocenters. The number of rotatable bonds is 8. The molecule has 0 spiro atoms. The van der Waals surface area contributed by atoms with Crippen molar-refractivity contribution >= 4 is 11.8 Å². The molecule has 0 N–H and O–H groups in total. The molecule has 0 atom stereocenters. The molecule has 0 amide bonds. The lowest BCUT2D eigenvalue weighted by atomic mass is 10.1. The van der Waals surface area contributed by atoms with E-state index in [-0.39, 0.29) is 24.0 Å². The van der Waals surface area contributed by atoms with Gasteiger partial charge >= 0.3 is 5.97 Å². The number of furan rings is 1. The maximum absolute atomic E-state index is 12.4. The van der Waals surface area contributed by atoms with Crippen molar-refractivity contribution < 1.29 is 28.0 Å². The molecule has 8 nitrogen and oxygen atoms in total. The molecule has 4 aromatic rings. The van der Waals surface area contributed by atoms with Crippen molar-refractivity contribution in [2.24, 2.45) is 0 Å². The molecule has 162 valence electrons. The zero-order chi connectivity index (χ0) is 22.5. The summed E-state index contributed by atoms with van der Waals surface area (Å²) in [6.45, 7) is 3.69. The van der Waals surface area contributed by atoms with Crippen LogP contribution < -0.4 is 4.74 Å². The first kappa shape index (κ1) is 21.0. The van der Waals surface area contributed by atoms with Gasteiger partial charge in [-0.05, 0) is 38.1 Å².